The Kier molecular flexibility index (Phi) is 4.62. The molecule has 4 nitrogen and oxygen atoms in total. The van der Waals surface area contributed by atoms with Crippen LogP contribution in [0.1, 0.15) is 18.9 Å². The van der Waals surface area contributed by atoms with Gasteiger partial charge < -0.3 is 5.11 Å². The highest BCUT2D eigenvalue weighted by molar-refractivity contribution is 7.89. The Morgan fingerprint density at radius 2 is 2.12 bits per heavy atom. The van der Waals surface area contributed by atoms with Gasteiger partial charge in [-0.25, -0.2) is 17.5 Å². The van der Waals surface area contributed by atoms with E-state index in [4.69, 9.17) is 0 Å². The normalized spacial score (nSPS) is 13.6. The van der Waals surface area contributed by atoms with E-state index in [0.717, 1.165) is 6.07 Å². The third-order valence-electron chi connectivity index (χ3n) is 2.36. The van der Waals surface area contributed by atoms with Crippen LogP contribution in [0, 0.1) is 12.7 Å². The number of rotatable bonds is 5. The summed E-state index contributed by atoms with van der Waals surface area (Å²) in [5.41, 5.74) is 0.655. The molecule has 96 valence electrons. The fourth-order valence-electron chi connectivity index (χ4n) is 1.24. The van der Waals surface area contributed by atoms with Gasteiger partial charge in [-0.15, -0.1) is 0 Å². The molecule has 0 radical (unpaired) electrons. The molecule has 2 N–H and O–H groups in total. The summed E-state index contributed by atoms with van der Waals surface area (Å²) in [6, 6.07) is 3.87. The van der Waals surface area contributed by atoms with Gasteiger partial charge in [-0.1, -0.05) is 13.0 Å². The van der Waals surface area contributed by atoms with Gasteiger partial charge in [-0.05, 0) is 31.0 Å². The van der Waals surface area contributed by atoms with E-state index in [2.05, 4.69) is 4.72 Å². The van der Waals surface area contributed by atoms with Crippen LogP contribution in [0.3, 0.4) is 0 Å². The summed E-state index contributed by atoms with van der Waals surface area (Å²) in [6.45, 7) is 3.29. The lowest BCUT2D eigenvalue weighted by atomic mass is 10.2. The largest absolute Gasteiger partial charge is 0.392 e. The first-order valence-corrected chi connectivity index (χ1v) is 6.79. The van der Waals surface area contributed by atoms with Crippen molar-refractivity contribution < 1.29 is 17.9 Å². The summed E-state index contributed by atoms with van der Waals surface area (Å²) >= 11 is 0. The van der Waals surface area contributed by atoms with E-state index in [-0.39, 0.29) is 11.4 Å². The SMILES string of the molecule is CCC(O)CNS(=O)(=O)c1cc(C)ccc1F. The molecular weight excluding hydrogens is 245 g/mol. The van der Waals surface area contributed by atoms with Crippen molar-refractivity contribution in [2.45, 2.75) is 31.3 Å². The molecule has 0 aliphatic carbocycles. The summed E-state index contributed by atoms with van der Waals surface area (Å²) in [5, 5.41) is 9.27. The van der Waals surface area contributed by atoms with E-state index in [0.29, 0.717) is 12.0 Å². The maximum absolute atomic E-state index is 13.4. The molecule has 0 saturated heterocycles. The van der Waals surface area contributed by atoms with Crippen LogP contribution in [0.15, 0.2) is 23.1 Å². The number of halogens is 1. The monoisotopic (exact) mass is 261 g/mol. The van der Waals surface area contributed by atoms with Gasteiger partial charge in [-0.3, -0.25) is 0 Å². The molecule has 0 saturated carbocycles. The minimum atomic E-state index is -3.90. The van der Waals surface area contributed by atoms with Crippen LogP contribution in [0.25, 0.3) is 0 Å². The molecule has 1 unspecified atom stereocenters. The van der Waals surface area contributed by atoms with Gasteiger partial charge in [-0.2, -0.15) is 0 Å². The average molecular weight is 261 g/mol. The van der Waals surface area contributed by atoms with Gasteiger partial charge in [0.2, 0.25) is 10.0 Å². The summed E-state index contributed by atoms with van der Waals surface area (Å²) in [4.78, 5) is -0.388. The van der Waals surface area contributed by atoms with E-state index < -0.39 is 21.9 Å². The van der Waals surface area contributed by atoms with Crippen molar-refractivity contribution in [3.8, 4) is 0 Å². The summed E-state index contributed by atoms with van der Waals surface area (Å²) in [6.07, 6.45) is -0.337. The predicted molar refractivity (Wildman–Crippen MR) is 62.6 cm³/mol. The van der Waals surface area contributed by atoms with Crippen LogP contribution < -0.4 is 4.72 Å². The van der Waals surface area contributed by atoms with Crippen LogP contribution in [-0.2, 0) is 10.0 Å². The van der Waals surface area contributed by atoms with E-state index in [1.807, 2.05) is 0 Å². The lowest BCUT2D eigenvalue weighted by molar-refractivity contribution is 0.174. The van der Waals surface area contributed by atoms with E-state index in [9.17, 15) is 17.9 Å². The third kappa shape index (κ3) is 3.76. The van der Waals surface area contributed by atoms with Crippen molar-refractivity contribution in [1.82, 2.24) is 4.72 Å². The lowest BCUT2D eigenvalue weighted by Crippen LogP contribution is -2.32. The highest BCUT2D eigenvalue weighted by Gasteiger charge is 2.19. The van der Waals surface area contributed by atoms with E-state index in [1.165, 1.54) is 12.1 Å². The maximum atomic E-state index is 13.4. The standard InChI is InChI=1S/C11H16FNO3S/c1-3-9(14)7-13-17(15,16)11-6-8(2)4-5-10(11)12/h4-6,9,13-14H,3,7H2,1-2H3. The zero-order chi connectivity index (χ0) is 13.1. The molecule has 0 fully saturated rings. The first-order valence-electron chi connectivity index (χ1n) is 5.30. The molecule has 1 rings (SSSR count). The smallest absolute Gasteiger partial charge is 0.243 e. The van der Waals surface area contributed by atoms with Crippen molar-refractivity contribution in [1.29, 1.82) is 0 Å². The van der Waals surface area contributed by atoms with Crippen molar-refractivity contribution >= 4 is 10.0 Å². The van der Waals surface area contributed by atoms with Crippen molar-refractivity contribution in [3.05, 3.63) is 29.6 Å². The predicted octanol–water partition coefficient (Wildman–Crippen LogP) is 1.18. The average Bonchev–Trinajstić information content (AvgIpc) is 2.29. The van der Waals surface area contributed by atoms with Gasteiger partial charge in [0.15, 0.2) is 0 Å². The zero-order valence-electron chi connectivity index (χ0n) is 9.77. The minimum Gasteiger partial charge on any atom is -0.392 e. The lowest BCUT2D eigenvalue weighted by Gasteiger charge is -2.11. The van der Waals surface area contributed by atoms with Crippen molar-refractivity contribution in [2.75, 3.05) is 6.54 Å². The fraction of sp³-hybridized carbons (Fsp3) is 0.455. The van der Waals surface area contributed by atoms with Crippen molar-refractivity contribution in [3.63, 3.8) is 0 Å². The van der Waals surface area contributed by atoms with Gasteiger partial charge in [0.25, 0.3) is 0 Å². The number of hydrogen-bond acceptors (Lipinski definition) is 3. The zero-order valence-corrected chi connectivity index (χ0v) is 10.6. The molecule has 0 bridgehead atoms. The van der Waals surface area contributed by atoms with Gasteiger partial charge in [0.05, 0.1) is 6.10 Å². The molecule has 6 heteroatoms. The molecule has 17 heavy (non-hydrogen) atoms. The topological polar surface area (TPSA) is 66.4 Å². The molecule has 0 aliphatic heterocycles. The van der Waals surface area contributed by atoms with Gasteiger partial charge in [0, 0.05) is 6.54 Å². The molecule has 1 atom stereocenters. The Bertz CT molecular complexity index is 487. The molecule has 1 aromatic carbocycles. The van der Waals surface area contributed by atoms with Crippen LogP contribution in [0.4, 0.5) is 4.39 Å². The molecule has 0 spiro atoms. The Balaban J connectivity index is 2.93. The van der Waals surface area contributed by atoms with E-state index in [1.54, 1.807) is 13.8 Å². The number of nitrogens with one attached hydrogen (secondary N) is 1. The van der Waals surface area contributed by atoms with Gasteiger partial charge in [0.1, 0.15) is 10.7 Å². The Morgan fingerprint density at radius 1 is 1.47 bits per heavy atom. The maximum Gasteiger partial charge on any atom is 0.243 e. The summed E-state index contributed by atoms with van der Waals surface area (Å²) < 4.78 is 39.1. The Labute approximate surface area is 101 Å². The number of benzene rings is 1. The number of aryl methyl sites for hydroxylation is 1. The van der Waals surface area contributed by atoms with Crippen LogP contribution in [0.5, 0.6) is 0 Å². The highest BCUT2D eigenvalue weighted by Crippen LogP contribution is 2.15. The quantitative estimate of drug-likeness (QED) is 0.836. The first-order chi connectivity index (χ1) is 7.86. The molecular formula is C11H16FNO3S. The fourth-order valence-corrected chi connectivity index (χ4v) is 2.48. The minimum absolute atomic E-state index is 0.119. The second kappa shape index (κ2) is 5.57. The van der Waals surface area contributed by atoms with Crippen LogP contribution in [-0.4, -0.2) is 26.2 Å². The van der Waals surface area contributed by atoms with Gasteiger partial charge >= 0.3 is 0 Å². The first kappa shape index (κ1) is 14.1. The van der Waals surface area contributed by atoms with Crippen LogP contribution in [0.2, 0.25) is 0 Å². The number of aliphatic hydroxyl groups is 1. The molecule has 0 amide bonds. The third-order valence-corrected chi connectivity index (χ3v) is 3.80. The summed E-state index contributed by atoms with van der Waals surface area (Å²) in [7, 11) is -3.90. The molecule has 0 heterocycles. The second-order valence-electron chi connectivity index (χ2n) is 3.85. The summed E-state index contributed by atoms with van der Waals surface area (Å²) in [5.74, 6) is -0.797. The Morgan fingerprint density at radius 3 is 2.71 bits per heavy atom. The highest BCUT2D eigenvalue weighted by atomic mass is 32.2. The Hall–Kier alpha value is -0.980. The molecule has 0 aromatic heterocycles. The van der Waals surface area contributed by atoms with Crippen molar-refractivity contribution in [2.24, 2.45) is 0 Å². The number of sulfonamides is 1. The number of hydrogen-bond donors (Lipinski definition) is 2. The molecule has 0 aliphatic rings. The number of aliphatic hydroxyl groups excluding tert-OH is 1. The van der Waals surface area contributed by atoms with E-state index >= 15 is 0 Å². The van der Waals surface area contributed by atoms with Crippen LogP contribution >= 0.6 is 0 Å². The molecule has 1 aromatic rings. The second-order valence-corrected chi connectivity index (χ2v) is 5.58.